The number of aliphatic hydroxyl groups excluding tert-OH is 1. The summed E-state index contributed by atoms with van der Waals surface area (Å²) in [5.41, 5.74) is 0.824. The normalized spacial score (nSPS) is 12.6. The summed E-state index contributed by atoms with van der Waals surface area (Å²) in [7, 11) is 0. The molecule has 1 aromatic carbocycles. The lowest BCUT2D eigenvalue weighted by atomic mass is 10.2. The highest BCUT2D eigenvalue weighted by Crippen LogP contribution is 2.28. The molecule has 6 heteroatoms. The van der Waals surface area contributed by atoms with Crippen molar-refractivity contribution < 1.29 is 14.6 Å². The molecule has 0 aliphatic rings. The van der Waals surface area contributed by atoms with Crippen molar-refractivity contribution in [3.8, 4) is 0 Å². The van der Waals surface area contributed by atoms with Gasteiger partial charge in [-0.15, -0.1) is 0 Å². The van der Waals surface area contributed by atoms with E-state index in [1.807, 2.05) is 10.6 Å². The van der Waals surface area contributed by atoms with Crippen molar-refractivity contribution in [2.24, 2.45) is 0 Å². The molecule has 1 atom stereocenters. The lowest BCUT2D eigenvalue weighted by molar-refractivity contribution is -0.145. The van der Waals surface area contributed by atoms with Gasteiger partial charge in [-0.2, -0.15) is 0 Å². The predicted octanol–water partition coefficient (Wildman–Crippen LogP) is 3.26. The van der Waals surface area contributed by atoms with Gasteiger partial charge in [0.25, 0.3) is 0 Å². The van der Waals surface area contributed by atoms with Crippen molar-refractivity contribution >= 4 is 40.1 Å². The molecule has 20 heavy (non-hydrogen) atoms. The molecule has 1 unspecified atom stereocenters. The van der Waals surface area contributed by atoms with Crippen LogP contribution < -0.4 is 0 Å². The van der Waals surface area contributed by atoms with Gasteiger partial charge in [0, 0.05) is 23.2 Å². The average Bonchev–Trinajstić information content (AvgIpc) is 2.72. The average molecular weight is 316 g/mol. The van der Waals surface area contributed by atoms with Crippen LogP contribution in [0.15, 0.2) is 24.4 Å². The molecule has 2 aromatic rings. The summed E-state index contributed by atoms with van der Waals surface area (Å²) in [5.74, 6) is -0.410. The fourth-order valence-corrected chi connectivity index (χ4v) is 2.63. The summed E-state index contributed by atoms with van der Waals surface area (Å²) in [5, 5.41) is 11.9. The first-order chi connectivity index (χ1) is 9.51. The van der Waals surface area contributed by atoms with Crippen LogP contribution in [0.4, 0.5) is 0 Å². The van der Waals surface area contributed by atoms with E-state index < -0.39 is 12.1 Å². The van der Waals surface area contributed by atoms with Crippen LogP contribution in [0.2, 0.25) is 10.0 Å². The number of ether oxygens (including phenoxy) is 1. The van der Waals surface area contributed by atoms with E-state index in [0.717, 1.165) is 10.9 Å². The van der Waals surface area contributed by atoms with E-state index in [0.29, 0.717) is 16.7 Å². The van der Waals surface area contributed by atoms with Gasteiger partial charge in [-0.1, -0.05) is 23.2 Å². The first kappa shape index (κ1) is 15.2. The number of benzene rings is 1. The van der Waals surface area contributed by atoms with E-state index in [-0.39, 0.29) is 13.0 Å². The second kappa shape index (κ2) is 6.48. The van der Waals surface area contributed by atoms with Gasteiger partial charge in [-0.3, -0.25) is 4.79 Å². The van der Waals surface area contributed by atoms with E-state index in [2.05, 4.69) is 0 Å². The summed E-state index contributed by atoms with van der Waals surface area (Å²) < 4.78 is 6.62. The molecule has 0 aliphatic heterocycles. The van der Waals surface area contributed by atoms with Crippen LogP contribution in [-0.2, 0) is 16.1 Å². The molecule has 1 aromatic heterocycles. The Hall–Kier alpha value is -1.23. The zero-order chi connectivity index (χ0) is 14.7. The Labute approximate surface area is 126 Å². The monoisotopic (exact) mass is 315 g/mol. The molecular weight excluding hydrogens is 301 g/mol. The fourth-order valence-electron chi connectivity index (χ4n) is 2.08. The molecule has 108 valence electrons. The second-order valence-corrected chi connectivity index (χ2v) is 5.30. The SMILES string of the molecule is CCOC(=O)CC(O)Cn1ccc2c(Cl)cc(Cl)cc21. The quantitative estimate of drug-likeness (QED) is 0.862. The van der Waals surface area contributed by atoms with Gasteiger partial charge in [-0.25, -0.2) is 0 Å². The lowest BCUT2D eigenvalue weighted by Gasteiger charge is -2.12. The highest BCUT2D eigenvalue weighted by atomic mass is 35.5. The maximum atomic E-state index is 11.3. The van der Waals surface area contributed by atoms with Crippen molar-refractivity contribution in [3.63, 3.8) is 0 Å². The highest BCUT2D eigenvalue weighted by molar-refractivity contribution is 6.38. The number of nitrogens with zero attached hydrogens (tertiary/aromatic N) is 1. The molecule has 0 saturated heterocycles. The van der Waals surface area contributed by atoms with Crippen LogP contribution in [0.3, 0.4) is 0 Å². The predicted molar refractivity (Wildman–Crippen MR) is 79.2 cm³/mol. The Kier molecular flexibility index (Phi) is 4.91. The summed E-state index contributed by atoms with van der Waals surface area (Å²) in [6.07, 6.45) is 0.950. The molecule has 0 bridgehead atoms. The zero-order valence-corrected chi connectivity index (χ0v) is 12.5. The van der Waals surface area contributed by atoms with Crippen LogP contribution in [0.25, 0.3) is 10.9 Å². The summed E-state index contributed by atoms with van der Waals surface area (Å²) in [6.45, 7) is 2.32. The molecule has 0 amide bonds. The van der Waals surface area contributed by atoms with E-state index in [9.17, 15) is 9.90 Å². The van der Waals surface area contributed by atoms with Crippen LogP contribution in [0, 0.1) is 0 Å². The third kappa shape index (κ3) is 3.45. The number of hydrogen-bond donors (Lipinski definition) is 1. The van der Waals surface area contributed by atoms with E-state index in [1.165, 1.54) is 0 Å². The maximum Gasteiger partial charge on any atom is 0.308 e. The molecule has 1 heterocycles. The number of esters is 1. The number of carbonyl (C=O) groups is 1. The number of halogens is 2. The van der Waals surface area contributed by atoms with Crippen molar-refractivity contribution in [3.05, 3.63) is 34.4 Å². The van der Waals surface area contributed by atoms with Gasteiger partial charge in [0.2, 0.25) is 0 Å². The lowest BCUT2D eigenvalue weighted by Crippen LogP contribution is -2.20. The Morgan fingerprint density at radius 1 is 1.45 bits per heavy atom. The van der Waals surface area contributed by atoms with Gasteiger partial charge >= 0.3 is 5.97 Å². The number of hydrogen-bond acceptors (Lipinski definition) is 3. The van der Waals surface area contributed by atoms with Gasteiger partial charge in [0.05, 0.1) is 29.7 Å². The topological polar surface area (TPSA) is 51.5 Å². The number of carbonyl (C=O) groups excluding carboxylic acids is 1. The van der Waals surface area contributed by atoms with Crippen LogP contribution in [0.1, 0.15) is 13.3 Å². The minimum absolute atomic E-state index is 0.0399. The molecule has 4 nitrogen and oxygen atoms in total. The number of rotatable bonds is 5. The second-order valence-electron chi connectivity index (χ2n) is 4.45. The molecule has 0 spiro atoms. The van der Waals surface area contributed by atoms with Crippen LogP contribution in [0.5, 0.6) is 0 Å². The largest absolute Gasteiger partial charge is 0.466 e. The minimum atomic E-state index is -0.817. The molecule has 2 rings (SSSR count). The Morgan fingerprint density at radius 2 is 2.20 bits per heavy atom. The van der Waals surface area contributed by atoms with Gasteiger partial charge < -0.3 is 14.4 Å². The third-order valence-corrected chi connectivity index (χ3v) is 3.45. The fraction of sp³-hybridized carbons (Fsp3) is 0.357. The van der Waals surface area contributed by atoms with Crippen molar-refractivity contribution in [2.75, 3.05) is 6.61 Å². The Morgan fingerprint density at radius 3 is 2.90 bits per heavy atom. The maximum absolute atomic E-state index is 11.3. The van der Waals surface area contributed by atoms with Crippen molar-refractivity contribution in [1.29, 1.82) is 0 Å². The molecular formula is C14H15Cl2NO3. The molecule has 0 aliphatic carbocycles. The Bertz CT molecular complexity index is 624. The van der Waals surface area contributed by atoms with Gasteiger partial charge in [0.1, 0.15) is 0 Å². The number of fused-ring (bicyclic) bond motifs is 1. The smallest absolute Gasteiger partial charge is 0.308 e. The first-order valence-corrected chi connectivity index (χ1v) is 7.04. The van der Waals surface area contributed by atoms with Crippen LogP contribution >= 0.6 is 23.2 Å². The molecule has 1 N–H and O–H groups in total. The van der Waals surface area contributed by atoms with Gasteiger partial charge in [0.15, 0.2) is 0 Å². The number of aromatic nitrogens is 1. The van der Waals surface area contributed by atoms with E-state index in [1.54, 1.807) is 25.3 Å². The summed E-state index contributed by atoms with van der Waals surface area (Å²) in [6, 6.07) is 5.30. The molecule has 0 saturated carbocycles. The zero-order valence-electron chi connectivity index (χ0n) is 11.0. The van der Waals surface area contributed by atoms with Crippen molar-refractivity contribution in [2.45, 2.75) is 26.0 Å². The summed E-state index contributed by atoms with van der Waals surface area (Å²) >= 11 is 12.1. The van der Waals surface area contributed by atoms with Gasteiger partial charge in [-0.05, 0) is 25.1 Å². The van der Waals surface area contributed by atoms with Crippen LogP contribution in [-0.4, -0.2) is 28.4 Å². The van der Waals surface area contributed by atoms with E-state index in [4.69, 9.17) is 27.9 Å². The third-order valence-electron chi connectivity index (χ3n) is 2.92. The van der Waals surface area contributed by atoms with E-state index >= 15 is 0 Å². The molecule has 0 fully saturated rings. The number of aliphatic hydroxyl groups is 1. The minimum Gasteiger partial charge on any atom is -0.466 e. The summed E-state index contributed by atoms with van der Waals surface area (Å²) in [4.78, 5) is 11.3. The highest BCUT2D eigenvalue weighted by Gasteiger charge is 2.14. The van der Waals surface area contributed by atoms with Crippen molar-refractivity contribution in [1.82, 2.24) is 4.57 Å². The standard InChI is InChI=1S/C14H15Cl2NO3/c1-2-20-14(19)7-10(18)8-17-4-3-11-12(16)5-9(15)6-13(11)17/h3-6,10,18H,2,7-8H2,1H3. The molecule has 0 radical (unpaired) electrons. The first-order valence-electron chi connectivity index (χ1n) is 6.28. The Balaban J connectivity index is 2.16.